The minimum Gasteiger partial charge on any atom is -0.372 e. The Labute approximate surface area is 124 Å². The molecule has 1 aromatic heterocycles. The van der Waals surface area contributed by atoms with Gasteiger partial charge >= 0.3 is 0 Å². The van der Waals surface area contributed by atoms with Crippen LogP contribution in [0.25, 0.3) is 0 Å². The molecule has 2 heterocycles. The number of rotatable bonds is 5. The topological polar surface area (TPSA) is 61.0 Å². The number of carbonyl (C=O) groups is 1. The molecule has 3 rings (SSSR count). The molecule has 1 aromatic carbocycles. The largest absolute Gasteiger partial charge is 0.372 e. The van der Waals surface area contributed by atoms with Crippen molar-refractivity contribution in [3.63, 3.8) is 0 Å². The smallest absolute Gasteiger partial charge is 0.224 e. The number of aryl methyl sites for hydroxylation is 1. The van der Waals surface area contributed by atoms with Crippen molar-refractivity contribution >= 4 is 17.3 Å². The zero-order chi connectivity index (χ0) is 14.5. The van der Waals surface area contributed by atoms with Crippen molar-refractivity contribution in [2.45, 2.75) is 25.7 Å². The van der Waals surface area contributed by atoms with E-state index in [-0.39, 0.29) is 5.91 Å². The van der Waals surface area contributed by atoms with Crippen LogP contribution in [0.3, 0.4) is 0 Å². The molecule has 5 heteroatoms. The van der Waals surface area contributed by atoms with Gasteiger partial charge in [-0.15, -0.1) is 0 Å². The highest BCUT2D eigenvalue weighted by molar-refractivity contribution is 5.91. The molecule has 0 saturated carbocycles. The van der Waals surface area contributed by atoms with Crippen LogP contribution in [0.4, 0.5) is 11.4 Å². The molecule has 0 bridgehead atoms. The number of imidazole rings is 1. The Bertz CT molecular complexity index is 571. The van der Waals surface area contributed by atoms with E-state index in [0.717, 1.165) is 24.5 Å². The minimum atomic E-state index is 0.0264. The SMILES string of the molecule is O=C(CCc1cnc[nH]1)Nc1ccc(N2CCCC2)cc1. The van der Waals surface area contributed by atoms with Crippen LogP contribution >= 0.6 is 0 Å². The van der Waals surface area contributed by atoms with E-state index in [9.17, 15) is 4.79 Å². The normalized spacial score (nSPS) is 14.4. The van der Waals surface area contributed by atoms with Crippen LogP contribution in [0.15, 0.2) is 36.8 Å². The maximum absolute atomic E-state index is 11.9. The molecule has 1 amide bonds. The molecule has 110 valence electrons. The Kier molecular flexibility index (Phi) is 4.19. The van der Waals surface area contributed by atoms with E-state index in [1.807, 2.05) is 12.1 Å². The average Bonchev–Trinajstić information content (AvgIpc) is 3.19. The van der Waals surface area contributed by atoms with Gasteiger partial charge in [0, 0.05) is 42.8 Å². The summed E-state index contributed by atoms with van der Waals surface area (Å²) in [7, 11) is 0. The molecular weight excluding hydrogens is 264 g/mol. The number of benzene rings is 1. The lowest BCUT2D eigenvalue weighted by Crippen LogP contribution is -2.17. The maximum atomic E-state index is 11.9. The van der Waals surface area contributed by atoms with Crippen molar-refractivity contribution < 1.29 is 4.79 Å². The Morgan fingerprint density at radius 3 is 2.67 bits per heavy atom. The van der Waals surface area contributed by atoms with Gasteiger partial charge in [0.15, 0.2) is 0 Å². The molecule has 1 fully saturated rings. The zero-order valence-electron chi connectivity index (χ0n) is 12.0. The van der Waals surface area contributed by atoms with Gasteiger partial charge in [0.1, 0.15) is 0 Å². The second-order valence-corrected chi connectivity index (χ2v) is 5.37. The van der Waals surface area contributed by atoms with Gasteiger partial charge in [-0.3, -0.25) is 4.79 Å². The summed E-state index contributed by atoms with van der Waals surface area (Å²) in [5.74, 6) is 0.0264. The molecule has 1 saturated heterocycles. The van der Waals surface area contributed by atoms with Gasteiger partial charge in [-0.25, -0.2) is 4.98 Å². The van der Waals surface area contributed by atoms with E-state index in [1.165, 1.54) is 18.5 Å². The predicted octanol–water partition coefficient (Wildman–Crippen LogP) is 2.58. The fourth-order valence-electron chi connectivity index (χ4n) is 2.62. The second kappa shape index (κ2) is 6.43. The van der Waals surface area contributed by atoms with Crippen molar-refractivity contribution in [1.82, 2.24) is 9.97 Å². The van der Waals surface area contributed by atoms with Crippen LogP contribution in [-0.4, -0.2) is 29.0 Å². The molecule has 0 aliphatic carbocycles. The summed E-state index contributed by atoms with van der Waals surface area (Å²) in [6.07, 6.45) is 7.05. The Morgan fingerprint density at radius 2 is 2.00 bits per heavy atom. The molecule has 2 aromatic rings. The summed E-state index contributed by atoms with van der Waals surface area (Å²) in [6.45, 7) is 2.27. The molecule has 0 atom stereocenters. The van der Waals surface area contributed by atoms with Crippen LogP contribution < -0.4 is 10.2 Å². The van der Waals surface area contributed by atoms with Gasteiger partial charge in [-0.1, -0.05) is 0 Å². The number of nitrogens with one attached hydrogen (secondary N) is 2. The average molecular weight is 284 g/mol. The zero-order valence-corrected chi connectivity index (χ0v) is 12.0. The number of nitrogens with zero attached hydrogens (tertiary/aromatic N) is 2. The standard InChI is InChI=1S/C16H20N4O/c21-16(8-5-14-11-17-12-18-14)19-13-3-6-15(7-4-13)20-9-1-2-10-20/h3-4,6-7,11-12H,1-2,5,8-10H2,(H,17,18)(H,19,21). The van der Waals surface area contributed by atoms with Crippen molar-refractivity contribution in [3.8, 4) is 0 Å². The molecule has 0 spiro atoms. The number of hydrogen-bond donors (Lipinski definition) is 2. The molecule has 0 unspecified atom stereocenters. The second-order valence-electron chi connectivity index (χ2n) is 5.37. The molecule has 5 nitrogen and oxygen atoms in total. The van der Waals surface area contributed by atoms with Crippen LogP contribution in [0.2, 0.25) is 0 Å². The van der Waals surface area contributed by atoms with Gasteiger partial charge in [-0.05, 0) is 43.5 Å². The first-order valence-electron chi connectivity index (χ1n) is 7.43. The monoisotopic (exact) mass is 284 g/mol. The summed E-state index contributed by atoms with van der Waals surface area (Å²) in [6, 6.07) is 8.11. The highest BCUT2D eigenvalue weighted by atomic mass is 16.1. The van der Waals surface area contributed by atoms with E-state index in [4.69, 9.17) is 0 Å². The molecule has 0 radical (unpaired) electrons. The molecule has 2 N–H and O–H groups in total. The van der Waals surface area contributed by atoms with Crippen LogP contribution in [0.1, 0.15) is 25.0 Å². The Morgan fingerprint density at radius 1 is 1.24 bits per heavy atom. The fourth-order valence-corrected chi connectivity index (χ4v) is 2.62. The predicted molar refractivity (Wildman–Crippen MR) is 83.4 cm³/mol. The molecular formula is C16H20N4O. The van der Waals surface area contributed by atoms with Crippen LogP contribution in [0.5, 0.6) is 0 Å². The summed E-state index contributed by atoms with van der Waals surface area (Å²) < 4.78 is 0. The van der Waals surface area contributed by atoms with Crippen molar-refractivity contribution in [2.75, 3.05) is 23.3 Å². The molecule has 21 heavy (non-hydrogen) atoms. The van der Waals surface area contributed by atoms with E-state index >= 15 is 0 Å². The fraction of sp³-hybridized carbons (Fsp3) is 0.375. The van der Waals surface area contributed by atoms with Crippen LogP contribution in [-0.2, 0) is 11.2 Å². The first-order valence-corrected chi connectivity index (χ1v) is 7.43. The summed E-state index contributed by atoms with van der Waals surface area (Å²) >= 11 is 0. The third-order valence-corrected chi connectivity index (χ3v) is 3.80. The van der Waals surface area contributed by atoms with E-state index < -0.39 is 0 Å². The number of aromatic nitrogens is 2. The lowest BCUT2D eigenvalue weighted by molar-refractivity contribution is -0.116. The molecule has 1 aliphatic heterocycles. The van der Waals surface area contributed by atoms with Gasteiger partial charge in [0.25, 0.3) is 0 Å². The number of H-pyrrole nitrogens is 1. The first-order chi connectivity index (χ1) is 10.3. The third kappa shape index (κ3) is 3.62. The highest BCUT2D eigenvalue weighted by Gasteiger charge is 2.12. The number of carbonyl (C=O) groups excluding carboxylic acids is 1. The van der Waals surface area contributed by atoms with E-state index in [0.29, 0.717) is 12.8 Å². The number of amides is 1. The summed E-state index contributed by atoms with van der Waals surface area (Å²) in [5, 5.41) is 2.93. The Hall–Kier alpha value is -2.30. The summed E-state index contributed by atoms with van der Waals surface area (Å²) in [4.78, 5) is 21.2. The van der Waals surface area contributed by atoms with Gasteiger partial charge in [-0.2, -0.15) is 0 Å². The van der Waals surface area contributed by atoms with E-state index in [2.05, 4.69) is 32.3 Å². The summed E-state index contributed by atoms with van der Waals surface area (Å²) in [5.41, 5.74) is 3.07. The highest BCUT2D eigenvalue weighted by Crippen LogP contribution is 2.22. The quantitative estimate of drug-likeness (QED) is 0.887. The van der Waals surface area contributed by atoms with Crippen molar-refractivity contribution in [3.05, 3.63) is 42.5 Å². The maximum Gasteiger partial charge on any atom is 0.224 e. The van der Waals surface area contributed by atoms with Gasteiger partial charge in [0.2, 0.25) is 5.91 Å². The van der Waals surface area contributed by atoms with Gasteiger partial charge in [0.05, 0.1) is 6.33 Å². The molecule has 1 aliphatic rings. The van der Waals surface area contributed by atoms with Gasteiger partial charge < -0.3 is 15.2 Å². The minimum absolute atomic E-state index is 0.0264. The van der Waals surface area contributed by atoms with Crippen molar-refractivity contribution in [2.24, 2.45) is 0 Å². The third-order valence-electron chi connectivity index (χ3n) is 3.80. The first kappa shape index (κ1) is 13.7. The van der Waals surface area contributed by atoms with Crippen molar-refractivity contribution in [1.29, 1.82) is 0 Å². The van der Waals surface area contributed by atoms with E-state index in [1.54, 1.807) is 12.5 Å². The Balaban J connectivity index is 1.51. The lowest BCUT2D eigenvalue weighted by Gasteiger charge is -2.17. The number of aromatic amines is 1. The number of anilines is 2. The number of hydrogen-bond acceptors (Lipinski definition) is 3. The van der Waals surface area contributed by atoms with Crippen LogP contribution in [0, 0.1) is 0 Å². The lowest BCUT2D eigenvalue weighted by atomic mass is 10.2.